The van der Waals surface area contributed by atoms with Gasteiger partial charge in [-0.05, 0) is 19.8 Å². The maximum absolute atomic E-state index is 11.5. The molecule has 0 aliphatic heterocycles. The molecule has 1 heterocycles. The molecule has 0 fully saturated rings. The molecule has 7 heteroatoms. The molecule has 1 aromatic rings. The number of thiazole rings is 1. The number of rotatable bonds is 8. The summed E-state index contributed by atoms with van der Waals surface area (Å²) in [5.74, 6) is -1.34. The van der Waals surface area contributed by atoms with Crippen LogP contribution < -0.4 is 10.6 Å². The maximum atomic E-state index is 11.5. The van der Waals surface area contributed by atoms with Crippen molar-refractivity contribution in [2.45, 2.75) is 33.1 Å². The van der Waals surface area contributed by atoms with E-state index in [4.69, 9.17) is 4.74 Å². The van der Waals surface area contributed by atoms with E-state index in [9.17, 15) is 9.59 Å². The number of nitrogens with one attached hydrogen (secondary N) is 2. The zero-order valence-corrected chi connectivity index (χ0v) is 12.7. The standard InChI is InChI=1S/C13H21N3O3S/c1-3-4-7-19-8-5-6-14-11(17)12(18)16-13-15-10(2)9-20-13/h9H,3-8H2,1-2H3,(H,14,17)(H,15,16,18). The molecular formula is C13H21N3O3S. The minimum Gasteiger partial charge on any atom is -0.381 e. The highest BCUT2D eigenvalue weighted by molar-refractivity contribution is 7.14. The zero-order valence-electron chi connectivity index (χ0n) is 11.9. The van der Waals surface area contributed by atoms with Crippen molar-refractivity contribution in [2.24, 2.45) is 0 Å². The van der Waals surface area contributed by atoms with Crippen LogP contribution in [0.15, 0.2) is 5.38 Å². The van der Waals surface area contributed by atoms with Crippen molar-refractivity contribution in [3.63, 3.8) is 0 Å². The quantitative estimate of drug-likeness (QED) is 0.566. The average Bonchev–Trinajstić information content (AvgIpc) is 2.82. The number of ether oxygens (including phenoxy) is 1. The Morgan fingerprint density at radius 2 is 2.05 bits per heavy atom. The van der Waals surface area contributed by atoms with Crippen LogP contribution in [0.1, 0.15) is 31.9 Å². The number of anilines is 1. The number of carbonyl (C=O) groups excluding carboxylic acids is 2. The van der Waals surface area contributed by atoms with Crippen LogP contribution in [-0.2, 0) is 14.3 Å². The van der Waals surface area contributed by atoms with Gasteiger partial charge in [-0.15, -0.1) is 11.3 Å². The topological polar surface area (TPSA) is 80.3 Å². The van der Waals surface area contributed by atoms with Gasteiger partial charge in [-0.3, -0.25) is 14.9 Å². The van der Waals surface area contributed by atoms with E-state index in [1.54, 1.807) is 5.38 Å². The van der Waals surface area contributed by atoms with Gasteiger partial charge in [-0.25, -0.2) is 4.98 Å². The van der Waals surface area contributed by atoms with Crippen LogP contribution in [0.5, 0.6) is 0 Å². The van der Waals surface area contributed by atoms with Gasteiger partial charge >= 0.3 is 11.8 Å². The SMILES string of the molecule is CCCCOCCCNC(=O)C(=O)Nc1nc(C)cs1. The summed E-state index contributed by atoms with van der Waals surface area (Å²) in [7, 11) is 0. The first-order valence-corrected chi connectivity index (χ1v) is 7.60. The summed E-state index contributed by atoms with van der Waals surface area (Å²) in [6.07, 6.45) is 2.84. The molecule has 0 saturated carbocycles. The molecule has 2 N–H and O–H groups in total. The first-order valence-electron chi connectivity index (χ1n) is 6.72. The average molecular weight is 299 g/mol. The molecule has 20 heavy (non-hydrogen) atoms. The lowest BCUT2D eigenvalue weighted by Crippen LogP contribution is -2.36. The van der Waals surface area contributed by atoms with Crippen molar-refractivity contribution in [2.75, 3.05) is 25.1 Å². The van der Waals surface area contributed by atoms with E-state index in [2.05, 4.69) is 22.5 Å². The van der Waals surface area contributed by atoms with Gasteiger partial charge in [0.2, 0.25) is 0 Å². The molecule has 0 spiro atoms. The minimum absolute atomic E-state index is 0.426. The van der Waals surface area contributed by atoms with E-state index in [0.717, 1.165) is 25.1 Å². The first-order chi connectivity index (χ1) is 9.63. The smallest absolute Gasteiger partial charge is 0.315 e. The molecule has 112 valence electrons. The normalized spacial score (nSPS) is 10.3. The van der Waals surface area contributed by atoms with E-state index >= 15 is 0 Å². The first kappa shape index (κ1) is 16.6. The van der Waals surface area contributed by atoms with Crippen LogP contribution in [0, 0.1) is 6.92 Å². The summed E-state index contributed by atoms with van der Waals surface area (Å²) in [6, 6.07) is 0. The van der Waals surface area contributed by atoms with E-state index < -0.39 is 11.8 Å². The summed E-state index contributed by atoms with van der Waals surface area (Å²) < 4.78 is 5.35. The summed E-state index contributed by atoms with van der Waals surface area (Å²) in [5, 5.41) is 7.25. The van der Waals surface area contributed by atoms with Crippen molar-refractivity contribution in [1.29, 1.82) is 0 Å². The monoisotopic (exact) mass is 299 g/mol. The van der Waals surface area contributed by atoms with Crippen molar-refractivity contribution in [1.82, 2.24) is 10.3 Å². The van der Waals surface area contributed by atoms with Crippen LogP contribution in [0.2, 0.25) is 0 Å². The number of hydrogen-bond acceptors (Lipinski definition) is 5. The van der Waals surface area contributed by atoms with Gasteiger partial charge in [0.1, 0.15) is 0 Å². The van der Waals surface area contributed by atoms with Crippen molar-refractivity contribution in [3.8, 4) is 0 Å². The second kappa shape index (κ2) is 9.44. The van der Waals surface area contributed by atoms with Gasteiger partial charge < -0.3 is 10.1 Å². The number of amides is 2. The van der Waals surface area contributed by atoms with Gasteiger partial charge in [0, 0.05) is 25.1 Å². The Morgan fingerprint density at radius 1 is 1.30 bits per heavy atom. The highest BCUT2D eigenvalue weighted by Crippen LogP contribution is 2.13. The van der Waals surface area contributed by atoms with Gasteiger partial charge in [-0.2, -0.15) is 0 Å². The summed E-state index contributed by atoms with van der Waals surface area (Å²) in [5.41, 5.74) is 0.815. The minimum atomic E-state index is -0.689. The van der Waals surface area contributed by atoms with Gasteiger partial charge in [0.05, 0.1) is 5.69 Å². The zero-order chi connectivity index (χ0) is 14.8. The Kier molecular flexibility index (Phi) is 7.82. The number of carbonyl (C=O) groups is 2. The molecular weight excluding hydrogens is 278 g/mol. The molecule has 0 aliphatic carbocycles. The molecule has 0 aromatic carbocycles. The Hall–Kier alpha value is -1.47. The van der Waals surface area contributed by atoms with Crippen molar-refractivity contribution in [3.05, 3.63) is 11.1 Å². The van der Waals surface area contributed by atoms with E-state index in [1.807, 2.05) is 6.92 Å². The molecule has 0 aliphatic rings. The molecule has 2 amide bonds. The molecule has 1 aromatic heterocycles. The number of nitrogens with zero attached hydrogens (tertiary/aromatic N) is 1. The molecule has 1 rings (SSSR count). The Morgan fingerprint density at radius 3 is 2.70 bits per heavy atom. The Balaban J connectivity index is 2.11. The van der Waals surface area contributed by atoms with Crippen LogP contribution >= 0.6 is 11.3 Å². The molecule has 0 radical (unpaired) electrons. The predicted octanol–water partition coefficient (Wildman–Crippen LogP) is 1.71. The fraction of sp³-hybridized carbons (Fsp3) is 0.615. The molecule has 6 nitrogen and oxygen atoms in total. The summed E-state index contributed by atoms with van der Waals surface area (Å²) >= 11 is 1.29. The van der Waals surface area contributed by atoms with Crippen molar-refractivity contribution < 1.29 is 14.3 Å². The van der Waals surface area contributed by atoms with Gasteiger partial charge in [0.15, 0.2) is 5.13 Å². The largest absolute Gasteiger partial charge is 0.381 e. The molecule has 0 bridgehead atoms. The van der Waals surface area contributed by atoms with E-state index in [0.29, 0.717) is 24.7 Å². The lowest BCUT2D eigenvalue weighted by Gasteiger charge is -2.05. The lowest BCUT2D eigenvalue weighted by molar-refractivity contribution is -0.136. The number of aromatic nitrogens is 1. The predicted molar refractivity (Wildman–Crippen MR) is 78.8 cm³/mol. The molecule has 0 unspecified atom stereocenters. The van der Waals surface area contributed by atoms with Crippen molar-refractivity contribution >= 4 is 28.3 Å². The van der Waals surface area contributed by atoms with Crippen LogP contribution in [-0.4, -0.2) is 36.6 Å². The van der Waals surface area contributed by atoms with Crippen LogP contribution in [0.25, 0.3) is 0 Å². The lowest BCUT2D eigenvalue weighted by atomic mass is 10.3. The number of hydrogen-bond donors (Lipinski definition) is 2. The highest BCUT2D eigenvalue weighted by atomic mass is 32.1. The third-order valence-electron chi connectivity index (χ3n) is 2.44. The number of unbranched alkanes of at least 4 members (excludes halogenated alkanes) is 1. The fourth-order valence-corrected chi connectivity index (χ4v) is 2.05. The van der Waals surface area contributed by atoms with Crippen LogP contribution in [0.3, 0.4) is 0 Å². The highest BCUT2D eigenvalue weighted by Gasteiger charge is 2.14. The Bertz CT molecular complexity index is 434. The number of aryl methyl sites for hydroxylation is 1. The van der Waals surface area contributed by atoms with Gasteiger partial charge in [0.25, 0.3) is 0 Å². The Labute approximate surface area is 122 Å². The van der Waals surface area contributed by atoms with Crippen LogP contribution in [0.4, 0.5) is 5.13 Å². The second-order valence-corrected chi connectivity index (χ2v) is 5.18. The van der Waals surface area contributed by atoms with E-state index in [1.165, 1.54) is 11.3 Å². The fourth-order valence-electron chi connectivity index (χ4n) is 1.37. The van der Waals surface area contributed by atoms with E-state index in [-0.39, 0.29) is 0 Å². The maximum Gasteiger partial charge on any atom is 0.315 e. The molecule has 0 saturated heterocycles. The third kappa shape index (κ3) is 6.63. The molecule has 0 atom stereocenters. The summed E-state index contributed by atoms with van der Waals surface area (Å²) in [6.45, 7) is 5.69. The summed E-state index contributed by atoms with van der Waals surface area (Å²) in [4.78, 5) is 27.1. The van der Waals surface area contributed by atoms with Gasteiger partial charge in [-0.1, -0.05) is 13.3 Å². The third-order valence-corrected chi connectivity index (χ3v) is 3.31. The second-order valence-electron chi connectivity index (χ2n) is 4.32.